The maximum atomic E-state index is 5.98. The van der Waals surface area contributed by atoms with E-state index in [0.29, 0.717) is 17.3 Å². The Bertz CT molecular complexity index is 703. The van der Waals surface area contributed by atoms with Crippen LogP contribution in [0.15, 0.2) is 47.3 Å². The summed E-state index contributed by atoms with van der Waals surface area (Å²) in [5.41, 5.74) is 6.79. The van der Waals surface area contributed by atoms with Crippen LogP contribution in [0.2, 0.25) is 5.02 Å². The van der Waals surface area contributed by atoms with E-state index < -0.39 is 0 Å². The zero-order valence-corrected chi connectivity index (χ0v) is 17.0. The van der Waals surface area contributed by atoms with Crippen LogP contribution in [0.1, 0.15) is 5.56 Å². The van der Waals surface area contributed by atoms with Crippen LogP contribution >= 0.6 is 23.8 Å². The van der Waals surface area contributed by atoms with Gasteiger partial charge < -0.3 is 15.2 Å². The molecule has 146 valence electrons. The second-order valence-corrected chi connectivity index (χ2v) is 6.70. The number of methoxy groups -OCH3 is 1. The highest BCUT2D eigenvalue weighted by Crippen LogP contribution is 2.12. The zero-order valence-electron chi connectivity index (χ0n) is 15.4. The number of halogens is 1. The Morgan fingerprint density at radius 1 is 1.44 bits per heavy atom. The summed E-state index contributed by atoms with van der Waals surface area (Å²) < 4.78 is 10.7. The lowest BCUT2D eigenvalue weighted by Crippen LogP contribution is -2.42. The summed E-state index contributed by atoms with van der Waals surface area (Å²) in [4.78, 5) is 2.30. The van der Waals surface area contributed by atoms with E-state index in [9.17, 15) is 0 Å². The first-order valence-electron chi connectivity index (χ1n) is 8.67. The third-order valence-corrected chi connectivity index (χ3v) is 4.39. The van der Waals surface area contributed by atoms with Gasteiger partial charge in [0.15, 0.2) is 5.11 Å². The molecule has 0 amide bonds. The number of nitrogens with two attached hydrogens (primary N) is 1. The average molecular weight is 409 g/mol. The van der Waals surface area contributed by atoms with Crippen molar-refractivity contribution < 1.29 is 9.47 Å². The third kappa shape index (κ3) is 8.09. The van der Waals surface area contributed by atoms with Gasteiger partial charge in [-0.25, -0.2) is 5.01 Å². The van der Waals surface area contributed by atoms with Gasteiger partial charge in [0.2, 0.25) is 0 Å². The van der Waals surface area contributed by atoms with Gasteiger partial charge in [0, 0.05) is 24.7 Å². The van der Waals surface area contributed by atoms with Gasteiger partial charge in [0.05, 0.1) is 33.1 Å². The normalized spacial score (nSPS) is 16.1. The van der Waals surface area contributed by atoms with Crippen LogP contribution in [-0.2, 0) is 9.47 Å². The minimum absolute atomic E-state index is 0.226. The number of hydrogen-bond acceptors (Lipinski definition) is 5. The Balaban J connectivity index is 1.93. The third-order valence-electron chi connectivity index (χ3n) is 3.94. The summed E-state index contributed by atoms with van der Waals surface area (Å²) in [6, 6.07) is 7.59. The molecule has 1 fully saturated rings. The molecule has 0 saturated carbocycles. The fourth-order valence-electron chi connectivity index (χ4n) is 2.44. The number of hydrogen-bond donors (Lipinski definition) is 1. The Morgan fingerprint density at radius 3 is 2.89 bits per heavy atom. The van der Waals surface area contributed by atoms with Crippen molar-refractivity contribution in [1.82, 2.24) is 9.91 Å². The Morgan fingerprint density at radius 2 is 2.22 bits per heavy atom. The minimum Gasteiger partial charge on any atom is -0.495 e. The van der Waals surface area contributed by atoms with Crippen LogP contribution in [-0.4, -0.2) is 67.7 Å². The van der Waals surface area contributed by atoms with Crippen LogP contribution < -0.4 is 5.73 Å². The molecule has 2 rings (SSSR count). The highest BCUT2D eigenvalue weighted by Gasteiger charge is 2.12. The van der Waals surface area contributed by atoms with E-state index in [1.165, 1.54) is 0 Å². The molecule has 0 radical (unpaired) electrons. The van der Waals surface area contributed by atoms with Crippen molar-refractivity contribution in [3.8, 4) is 0 Å². The number of nitrogens with zero attached hydrogens (tertiary/aromatic N) is 3. The Hall–Kier alpha value is -1.93. The highest BCUT2D eigenvalue weighted by atomic mass is 35.5. The van der Waals surface area contributed by atoms with E-state index in [4.69, 9.17) is 39.0 Å². The zero-order chi connectivity index (χ0) is 19.5. The number of morpholine rings is 1. The van der Waals surface area contributed by atoms with Crippen molar-refractivity contribution in [2.45, 2.75) is 0 Å². The van der Waals surface area contributed by atoms with E-state index >= 15 is 0 Å². The molecule has 1 heterocycles. The second kappa shape index (κ2) is 11.7. The molecule has 1 aliphatic heterocycles. The molecule has 0 spiro atoms. The summed E-state index contributed by atoms with van der Waals surface area (Å²) in [5.74, 6) is 0.584. The molecule has 0 aliphatic carbocycles. The number of thiocarbonyl (C=S) groups is 1. The molecular weight excluding hydrogens is 384 g/mol. The molecule has 1 aromatic rings. The number of hydrazone groups is 1. The molecule has 1 saturated heterocycles. The molecule has 0 bridgehead atoms. The van der Waals surface area contributed by atoms with Crippen LogP contribution in [0, 0.1) is 0 Å². The molecule has 6 nitrogen and oxygen atoms in total. The van der Waals surface area contributed by atoms with Gasteiger partial charge in [-0.1, -0.05) is 35.9 Å². The first-order valence-corrected chi connectivity index (χ1v) is 9.46. The molecule has 27 heavy (non-hydrogen) atoms. The molecule has 1 aromatic carbocycles. The minimum atomic E-state index is 0.226. The number of benzene rings is 1. The fourth-order valence-corrected chi connectivity index (χ4v) is 2.78. The lowest BCUT2D eigenvalue weighted by Gasteiger charge is -2.28. The largest absolute Gasteiger partial charge is 0.495 e. The van der Waals surface area contributed by atoms with E-state index in [2.05, 4.69) is 10.0 Å². The van der Waals surface area contributed by atoms with Gasteiger partial charge in [-0.3, -0.25) is 4.90 Å². The van der Waals surface area contributed by atoms with Gasteiger partial charge in [-0.2, -0.15) is 5.10 Å². The van der Waals surface area contributed by atoms with E-state index in [-0.39, 0.29) is 5.11 Å². The summed E-state index contributed by atoms with van der Waals surface area (Å²) >= 11 is 11.1. The van der Waals surface area contributed by atoms with Crippen molar-refractivity contribution in [3.63, 3.8) is 0 Å². The summed E-state index contributed by atoms with van der Waals surface area (Å²) in [6.07, 6.45) is 7.21. The van der Waals surface area contributed by atoms with Crippen molar-refractivity contribution in [2.75, 3.05) is 46.5 Å². The molecule has 0 aromatic heterocycles. The number of allylic oxidation sites excluding steroid dienone is 3. The van der Waals surface area contributed by atoms with Crippen molar-refractivity contribution >= 4 is 41.2 Å². The number of rotatable bonds is 8. The Labute approximate surface area is 170 Å². The summed E-state index contributed by atoms with van der Waals surface area (Å²) in [7, 11) is 1.59. The van der Waals surface area contributed by atoms with Gasteiger partial charge in [0.1, 0.15) is 5.76 Å². The maximum absolute atomic E-state index is 5.98. The first kappa shape index (κ1) is 21.4. The molecule has 2 N–H and O–H groups in total. The SMILES string of the molecule is COC(=C\C=C\c1cccc(Cl)c1)/C=N/N(CCN1CCOCC1)C(N)=S. The van der Waals surface area contributed by atoms with Crippen LogP contribution in [0.4, 0.5) is 0 Å². The van der Waals surface area contributed by atoms with E-state index in [0.717, 1.165) is 38.4 Å². The smallest absolute Gasteiger partial charge is 0.187 e. The quantitative estimate of drug-likeness (QED) is 0.234. The molecule has 0 atom stereocenters. The first-order chi connectivity index (χ1) is 13.1. The van der Waals surface area contributed by atoms with Gasteiger partial charge >= 0.3 is 0 Å². The topological polar surface area (TPSA) is 63.3 Å². The second-order valence-electron chi connectivity index (χ2n) is 5.85. The monoisotopic (exact) mass is 408 g/mol. The predicted octanol–water partition coefficient (Wildman–Crippen LogP) is 2.75. The van der Waals surface area contributed by atoms with Crippen molar-refractivity contribution in [2.24, 2.45) is 10.8 Å². The lowest BCUT2D eigenvalue weighted by molar-refractivity contribution is 0.0360. The van der Waals surface area contributed by atoms with Crippen LogP contribution in [0.5, 0.6) is 0 Å². The lowest BCUT2D eigenvalue weighted by atomic mass is 10.2. The van der Waals surface area contributed by atoms with Crippen LogP contribution in [0.3, 0.4) is 0 Å². The highest BCUT2D eigenvalue weighted by molar-refractivity contribution is 7.80. The summed E-state index contributed by atoms with van der Waals surface area (Å²) in [6.45, 7) is 4.76. The van der Waals surface area contributed by atoms with Crippen molar-refractivity contribution in [1.29, 1.82) is 0 Å². The van der Waals surface area contributed by atoms with Crippen molar-refractivity contribution in [3.05, 3.63) is 52.8 Å². The fraction of sp³-hybridized carbons (Fsp3) is 0.368. The average Bonchev–Trinajstić information content (AvgIpc) is 2.67. The van der Waals surface area contributed by atoms with Gasteiger partial charge in [0.25, 0.3) is 0 Å². The molecule has 1 aliphatic rings. The molecule has 0 unspecified atom stereocenters. The van der Waals surface area contributed by atoms with Crippen LogP contribution in [0.25, 0.3) is 6.08 Å². The van der Waals surface area contributed by atoms with Gasteiger partial charge in [-0.15, -0.1) is 0 Å². The number of ether oxygens (including phenoxy) is 2. The van der Waals surface area contributed by atoms with E-state index in [1.807, 2.05) is 42.5 Å². The van der Waals surface area contributed by atoms with E-state index in [1.54, 1.807) is 18.3 Å². The maximum Gasteiger partial charge on any atom is 0.187 e. The molecule has 8 heteroatoms. The molecular formula is C19H25ClN4O2S. The summed E-state index contributed by atoms with van der Waals surface area (Å²) in [5, 5.41) is 6.87. The Kier molecular flexibility index (Phi) is 9.27. The predicted molar refractivity (Wildman–Crippen MR) is 115 cm³/mol. The standard InChI is InChI=1S/C19H25ClN4O2S/c1-25-18(7-3-5-16-4-2-6-17(20)14-16)15-22-24(19(21)27)9-8-23-10-12-26-13-11-23/h2-7,14-15H,8-13H2,1H3,(H2,21,27)/b5-3+,18-7-,22-15+. The van der Waals surface area contributed by atoms with Gasteiger partial charge in [-0.05, 0) is 36.0 Å².